The van der Waals surface area contributed by atoms with Crippen molar-refractivity contribution in [3.8, 4) is 0 Å². The van der Waals surface area contributed by atoms with Gasteiger partial charge in [-0.2, -0.15) is 0 Å². The van der Waals surface area contributed by atoms with Crippen LogP contribution in [0.25, 0.3) is 0 Å². The van der Waals surface area contributed by atoms with E-state index < -0.39 is 6.10 Å². The van der Waals surface area contributed by atoms with Crippen LogP contribution in [0.3, 0.4) is 0 Å². The first kappa shape index (κ1) is 15.2. The van der Waals surface area contributed by atoms with Gasteiger partial charge in [0.25, 0.3) is 0 Å². The summed E-state index contributed by atoms with van der Waals surface area (Å²) in [7, 11) is 1.64. The molecule has 1 atom stereocenters. The lowest BCUT2D eigenvalue weighted by molar-refractivity contribution is 0.177. The van der Waals surface area contributed by atoms with E-state index in [1.54, 1.807) is 7.11 Å². The van der Waals surface area contributed by atoms with Crippen molar-refractivity contribution in [2.75, 3.05) is 7.11 Å². The number of halogens is 2. The van der Waals surface area contributed by atoms with Gasteiger partial charge in [0.15, 0.2) is 0 Å². The van der Waals surface area contributed by atoms with E-state index in [9.17, 15) is 9.50 Å². The minimum absolute atomic E-state index is 0.308. The second-order valence-corrected chi connectivity index (χ2v) is 5.59. The Hall–Kier alpha value is -1.23. The Labute approximate surface area is 126 Å². The van der Waals surface area contributed by atoms with Crippen LogP contribution in [0.15, 0.2) is 46.9 Å². The molecule has 0 amide bonds. The Bertz CT molecular complexity index is 549. The van der Waals surface area contributed by atoms with Gasteiger partial charge in [0.05, 0.1) is 12.7 Å². The fourth-order valence-corrected chi connectivity index (χ4v) is 2.59. The molecule has 0 saturated heterocycles. The molecule has 0 fully saturated rings. The van der Waals surface area contributed by atoms with Crippen LogP contribution < -0.4 is 0 Å². The molecule has 0 radical (unpaired) electrons. The highest BCUT2D eigenvalue weighted by atomic mass is 79.9. The molecule has 0 saturated carbocycles. The molecule has 0 aliphatic rings. The van der Waals surface area contributed by atoms with Gasteiger partial charge < -0.3 is 9.84 Å². The molecule has 20 heavy (non-hydrogen) atoms. The summed E-state index contributed by atoms with van der Waals surface area (Å²) in [5.74, 6) is -0.308. The third-order valence-electron chi connectivity index (χ3n) is 3.03. The minimum Gasteiger partial charge on any atom is -0.388 e. The molecule has 2 rings (SSSR count). The van der Waals surface area contributed by atoms with Gasteiger partial charge in [-0.05, 0) is 34.9 Å². The van der Waals surface area contributed by atoms with Gasteiger partial charge in [0, 0.05) is 18.0 Å². The van der Waals surface area contributed by atoms with Crippen LogP contribution in [-0.4, -0.2) is 12.2 Å². The molecule has 2 nitrogen and oxygen atoms in total. The van der Waals surface area contributed by atoms with Gasteiger partial charge >= 0.3 is 0 Å². The van der Waals surface area contributed by atoms with Gasteiger partial charge in [0.1, 0.15) is 5.82 Å². The number of benzene rings is 2. The summed E-state index contributed by atoms with van der Waals surface area (Å²) in [6.45, 7) is 0.549. The third kappa shape index (κ3) is 4.13. The summed E-state index contributed by atoms with van der Waals surface area (Å²) < 4.78 is 19.0. The summed E-state index contributed by atoms with van der Waals surface area (Å²) in [6, 6.07) is 12.2. The van der Waals surface area contributed by atoms with Crippen LogP contribution in [0.4, 0.5) is 4.39 Å². The number of rotatable bonds is 5. The third-order valence-corrected chi connectivity index (χ3v) is 3.48. The number of ether oxygens (including phenoxy) is 1. The summed E-state index contributed by atoms with van der Waals surface area (Å²) in [6.07, 6.45) is -0.278. The average Bonchev–Trinajstić information content (AvgIpc) is 2.38. The van der Waals surface area contributed by atoms with E-state index in [4.69, 9.17) is 4.74 Å². The Morgan fingerprint density at radius 3 is 2.45 bits per heavy atom. The largest absolute Gasteiger partial charge is 0.388 e. The first-order valence-corrected chi connectivity index (χ1v) is 7.08. The van der Waals surface area contributed by atoms with Gasteiger partial charge in [-0.1, -0.05) is 40.2 Å². The molecule has 2 aromatic rings. The highest BCUT2D eigenvalue weighted by Gasteiger charge is 2.10. The zero-order chi connectivity index (χ0) is 14.5. The highest BCUT2D eigenvalue weighted by molar-refractivity contribution is 9.10. The summed E-state index contributed by atoms with van der Waals surface area (Å²) >= 11 is 3.25. The van der Waals surface area contributed by atoms with Crippen LogP contribution in [-0.2, 0) is 17.8 Å². The van der Waals surface area contributed by atoms with Crippen molar-refractivity contribution in [1.82, 2.24) is 0 Å². The molecule has 0 aromatic heterocycles. The van der Waals surface area contributed by atoms with Gasteiger partial charge in [-0.3, -0.25) is 0 Å². The highest BCUT2D eigenvalue weighted by Crippen LogP contribution is 2.22. The van der Waals surface area contributed by atoms with E-state index >= 15 is 0 Å². The number of methoxy groups -OCH3 is 1. The van der Waals surface area contributed by atoms with Crippen molar-refractivity contribution in [2.24, 2.45) is 0 Å². The van der Waals surface area contributed by atoms with Crippen LogP contribution in [0.5, 0.6) is 0 Å². The maximum Gasteiger partial charge on any atom is 0.124 e. The first-order chi connectivity index (χ1) is 9.58. The van der Waals surface area contributed by atoms with Crippen molar-refractivity contribution in [3.63, 3.8) is 0 Å². The number of hydrogen-bond acceptors (Lipinski definition) is 2. The number of aliphatic hydroxyl groups excluding tert-OH is 1. The Kier molecular flexibility index (Phi) is 5.29. The lowest BCUT2D eigenvalue weighted by Crippen LogP contribution is -2.02. The second kappa shape index (κ2) is 6.97. The Morgan fingerprint density at radius 2 is 1.85 bits per heavy atom. The lowest BCUT2D eigenvalue weighted by atomic mass is 10.0. The first-order valence-electron chi connectivity index (χ1n) is 6.29. The topological polar surface area (TPSA) is 29.5 Å². The van der Waals surface area contributed by atoms with Crippen molar-refractivity contribution >= 4 is 15.9 Å². The van der Waals surface area contributed by atoms with Gasteiger partial charge in [-0.15, -0.1) is 0 Å². The van der Waals surface area contributed by atoms with Gasteiger partial charge in [-0.25, -0.2) is 4.39 Å². The number of aliphatic hydroxyl groups is 1. The Morgan fingerprint density at radius 1 is 1.15 bits per heavy atom. The molecule has 4 heteroatoms. The molecule has 2 aromatic carbocycles. The predicted molar refractivity (Wildman–Crippen MR) is 79.9 cm³/mol. The van der Waals surface area contributed by atoms with Crippen LogP contribution in [0.1, 0.15) is 22.8 Å². The van der Waals surface area contributed by atoms with E-state index in [1.807, 2.05) is 30.3 Å². The molecule has 0 bridgehead atoms. The molecule has 106 valence electrons. The van der Waals surface area contributed by atoms with Crippen LogP contribution >= 0.6 is 15.9 Å². The Balaban J connectivity index is 2.08. The molecule has 0 aliphatic carbocycles. The maximum atomic E-state index is 13.3. The fraction of sp³-hybridized carbons (Fsp3) is 0.250. The van der Waals surface area contributed by atoms with Crippen LogP contribution in [0, 0.1) is 5.82 Å². The van der Waals surface area contributed by atoms with Crippen molar-refractivity contribution in [1.29, 1.82) is 0 Å². The molecule has 0 heterocycles. The normalized spacial score (nSPS) is 12.4. The molecule has 1 N–H and O–H groups in total. The summed E-state index contributed by atoms with van der Waals surface area (Å²) in [4.78, 5) is 0. The van der Waals surface area contributed by atoms with Crippen LogP contribution in [0.2, 0.25) is 0 Å². The molecule has 1 unspecified atom stereocenters. The van der Waals surface area contributed by atoms with E-state index in [2.05, 4.69) is 15.9 Å². The van der Waals surface area contributed by atoms with E-state index in [-0.39, 0.29) is 5.82 Å². The molecular formula is C16H16BrFO2. The van der Waals surface area contributed by atoms with E-state index in [0.29, 0.717) is 17.5 Å². The predicted octanol–water partition coefficient (Wildman–Crippen LogP) is 4.01. The van der Waals surface area contributed by atoms with Crippen molar-refractivity contribution in [3.05, 3.63) is 69.4 Å². The van der Waals surface area contributed by atoms with Gasteiger partial charge in [0.2, 0.25) is 0 Å². The van der Waals surface area contributed by atoms with Crippen molar-refractivity contribution in [2.45, 2.75) is 19.1 Å². The second-order valence-electron chi connectivity index (χ2n) is 4.67. The molecular weight excluding hydrogens is 323 g/mol. The molecule has 0 aliphatic heterocycles. The molecule has 0 spiro atoms. The average molecular weight is 339 g/mol. The van der Waals surface area contributed by atoms with Crippen molar-refractivity contribution < 1.29 is 14.2 Å². The standard InChI is InChI=1S/C16H16BrFO2/c1-20-10-11-2-4-13(5-3-11)16(19)8-12-6-14(17)9-15(18)7-12/h2-7,9,16,19H,8,10H2,1H3. The lowest BCUT2D eigenvalue weighted by Gasteiger charge is -2.12. The quantitative estimate of drug-likeness (QED) is 0.892. The fourth-order valence-electron chi connectivity index (χ4n) is 2.07. The van der Waals surface area contributed by atoms with E-state index in [0.717, 1.165) is 16.7 Å². The minimum atomic E-state index is -0.653. The zero-order valence-electron chi connectivity index (χ0n) is 11.1. The zero-order valence-corrected chi connectivity index (χ0v) is 12.7. The number of hydrogen-bond donors (Lipinski definition) is 1. The summed E-state index contributed by atoms with van der Waals surface area (Å²) in [5, 5.41) is 10.2. The smallest absolute Gasteiger partial charge is 0.124 e. The summed E-state index contributed by atoms with van der Waals surface area (Å²) in [5.41, 5.74) is 2.62. The SMILES string of the molecule is COCc1ccc(C(O)Cc2cc(F)cc(Br)c2)cc1. The monoisotopic (exact) mass is 338 g/mol. The maximum absolute atomic E-state index is 13.3. The van der Waals surface area contributed by atoms with E-state index in [1.165, 1.54) is 12.1 Å².